The van der Waals surface area contributed by atoms with Gasteiger partial charge in [-0.25, -0.2) is 9.59 Å². The number of cyclic esters (lactones) is 1. The summed E-state index contributed by atoms with van der Waals surface area (Å²) >= 11 is 0. The standard InChI is InChI=1S/C14H15NO4/c1-10-9-12(18-13(10)16)19-14(17)15-8-7-11-5-3-2-4-6-11/h2-6,9,12H,7-8H2,1H3,(H,15,17). The van der Waals surface area contributed by atoms with Crippen molar-refractivity contribution in [3.05, 3.63) is 47.5 Å². The van der Waals surface area contributed by atoms with Gasteiger partial charge < -0.3 is 14.8 Å². The molecule has 1 aromatic rings. The molecule has 0 saturated carbocycles. The van der Waals surface area contributed by atoms with Crippen molar-refractivity contribution in [2.24, 2.45) is 0 Å². The van der Waals surface area contributed by atoms with Gasteiger partial charge in [0.2, 0.25) is 0 Å². The number of hydrogen-bond donors (Lipinski definition) is 1. The topological polar surface area (TPSA) is 64.6 Å². The Balaban J connectivity index is 1.70. The van der Waals surface area contributed by atoms with E-state index >= 15 is 0 Å². The Morgan fingerprint density at radius 3 is 2.74 bits per heavy atom. The van der Waals surface area contributed by atoms with Crippen LogP contribution < -0.4 is 5.32 Å². The molecule has 0 spiro atoms. The summed E-state index contributed by atoms with van der Waals surface area (Å²) in [6.07, 6.45) is 0.679. The number of nitrogens with one attached hydrogen (secondary N) is 1. The highest BCUT2D eigenvalue weighted by Crippen LogP contribution is 2.13. The molecule has 19 heavy (non-hydrogen) atoms. The zero-order chi connectivity index (χ0) is 13.7. The largest absolute Gasteiger partial charge is 0.418 e. The Kier molecular flexibility index (Phi) is 4.18. The molecule has 5 nitrogen and oxygen atoms in total. The predicted octanol–water partition coefficient (Wildman–Crippen LogP) is 1.78. The van der Waals surface area contributed by atoms with E-state index in [1.54, 1.807) is 6.92 Å². The number of benzene rings is 1. The fourth-order valence-corrected chi connectivity index (χ4v) is 1.66. The summed E-state index contributed by atoms with van der Waals surface area (Å²) in [5, 5.41) is 2.61. The molecule has 0 fully saturated rings. The highest BCUT2D eigenvalue weighted by molar-refractivity contribution is 5.90. The van der Waals surface area contributed by atoms with Gasteiger partial charge in [0.1, 0.15) is 0 Å². The molecular formula is C14H15NO4. The SMILES string of the molecule is CC1=CC(OC(=O)NCCc2ccccc2)OC1=O. The van der Waals surface area contributed by atoms with Gasteiger partial charge >= 0.3 is 12.1 Å². The summed E-state index contributed by atoms with van der Waals surface area (Å²) in [7, 11) is 0. The molecule has 1 unspecified atom stereocenters. The Morgan fingerprint density at radius 2 is 2.11 bits per heavy atom. The van der Waals surface area contributed by atoms with Crippen molar-refractivity contribution in [3.63, 3.8) is 0 Å². The Labute approximate surface area is 111 Å². The zero-order valence-corrected chi connectivity index (χ0v) is 10.6. The van der Waals surface area contributed by atoms with Gasteiger partial charge in [0, 0.05) is 18.2 Å². The minimum Gasteiger partial charge on any atom is -0.418 e. The number of esters is 1. The molecule has 0 aromatic heterocycles. The molecule has 0 radical (unpaired) electrons. The van der Waals surface area contributed by atoms with Crippen LogP contribution in [0.4, 0.5) is 4.79 Å². The van der Waals surface area contributed by atoms with Crippen LogP contribution >= 0.6 is 0 Å². The van der Waals surface area contributed by atoms with E-state index in [1.165, 1.54) is 6.08 Å². The van der Waals surface area contributed by atoms with Crippen LogP contribution in [0.15, 0.2) is 42.0 Å². The van der Waals surface area contributed by atoms with Crippen LogP contribution in [0.5, 0.6) is 0 Å². The second-order valence-corrected chi connectivity index (χ2v) is 4.19. The minimum atomic E-state index is -0.913. The van der Waals surface area contributed by atoms with Gasteiger partial charge in [-0.05, 0) is 18.9 Å². The predicted molar refractivity (Wildman–Crippen MR) is 68.3 cm³/mol. The fraction of sp³-hybridized carbons (Fsp3) is 0.286. The molecule has 1 aliphatic heterocycles. The van der Waals surface area contributed by atoms with Gasteiger partial charge in [-0.1, -0.05) is 30.3 Å². The van der Waals surface area contributed by atoms with Crippen LogP contribution in [-0.2, 0) is 20.7 Å². The van der Waals surface area contributed by atoms with Crippen LogP contribution in [-0.4, -0.2) is 24.9 Å². The molecule has 100 valence electrons. The maximum absolute atomic E-state index is 11.4. The Morgan fingerprint density at radius 1 is 1.37 bits per heavy atom. The highest BCUT2D eigenvalue weighted by atomic mass is 16.7. The number of amides is 1. The lowest BCUT2D eigenvalue weighted by molar-refractivity contribution is -0.151. The molecule has 5 heteroatoms. The van der Waals surface area contributed by atoms with Crippen LogP contribution in [0.3, 0.4) is 0 Å². The van der Waals surface area contributed by atoms with Crippen molar-refractivity contribution < 1.29 is 19.1 Å². The summed E-state index contributed by atoms with van der Waals surface area (Å²) in [6.45, 7) is 2.07. The van der Waals surface area contributed by atoms with Crippen LogP contribution in [0, 0.1) is 0 Å². The Bertz CT molecular complexity index is 495. The van der Waals surface area contributed by atoms with Crippen LogP contribution in [0.25, 0.3) is 0 Å². The lowest BCUT2D eigenvalue weighted by Gasteiger charge is -2.10. The van der Waals surface area contributed by atoms with Crippen LogP contribution in [0.1, 0.15) is 12.5 Å². The number of carbonyl (C=O) groups is 2. The highest BCUT2D eigenvalue weighted by Gasteiger charge is 2.25. The monoisotopic (exact) mass is 261 g/mol. The molecule has 0 saturated heterocycles. The van der Waals surface area contributed by atoms with E-state index in [2.05, 4.69) is 5.32 Å². The average Bonchev–Trinajstić information content (AvgIpc) is 2.69. The van der Waals surface area contributed by atoms with E-state index in [0.717, 1.165) is 12.0 Å². The minimum absolute atomic E-state index is 0.446. The molecule has 1 aromatic carbocycles. The molecule has 0 aliphatic carbocycles. The van der Waals surface area contributed by atoms with Crippen LogP contribution in [0.2, 0.25) is 0 Å². The summed E-state index contributed by atoms with van der Waals surface area (Å²) in [5.74, 6) is -0.456. The zero-order valence-electron chi connectivity index (χ0n) is 10.6. The van der Waals surface area contributed by atoms with Gasteiger partial charge in [0.05, 0.1) is 0 Å². The van der Waals surface area contributed by atoms with Crippen molar-refractivity contribution in [3.8, 4) is 0 Å². The molecule has 1 heterocycles. The molecule has 2 rings (SSSR count). The number of alkyl carbamates (subject to hydrolysis) is 1. The summed E-state index contributed by atoms with van der Waals surface area (Å²) < 4.78 is 9.71. The number of carbonyl (C=O) groups excluding carboxylic acids is 2. The van der Waals surface area contributed by atoms with E-state index in [1.807, 2.05) is 30.3 Å². The Hall–Kier alpha value is -2.30. The number of ether oxygens (including phenoxy) is 2. The summed E-state index contributed by atoms with van der Waals surface area (Å²) in [5.41, 5.74) is 1.58. The first-order valence-corrected chi connectivity index (χ1v) is 6.03. The molecule has 1 atom stereocenters. The van der Waals surface area contributed by atoms with Gasteiger partial charge in [-0.3, -0.25) is 0 Å². The normalized spacial score (nSPS) is 17.6. The third-order valence-electron chi connectivity index (χ3n) is 2.68. The van der Waals surface area contributed by atoms with Gasteiger partial charge in [0.25, 0.3) is 6.29 Å². The molecule has 0 bridgehead atoms. The van der Waals surface area contributed by atoms with Crippen molar-refractivity contribution in [2.45, 2.75) is 19.6 Å². The average molecular weight is 261 g/mol. The van der Waals surface area contributed by atoms with Crippen molar-refractivity contribution in [2.75, 3.05) is 6.54 Å². The summed E-state index contributed by atoms with van der Waals surface area (Å²) in [6, 6.07) is 9.79. The smallest absolute Gasteiger partial charge is 0.410 e. The third-order valence-corrected chi connectivity index (χ3v) is 2.68. The first-order valence-electron chi connectivity index (χ1n) is 6.03. The molecular weight excluding hydrogens is 246 g/mol. The second-order valence-electron chi connectivity index (χ2n) is 4.19. The van der Waals surface area contributed by atoms with Gasteiger partial charge in [-0.15, -0.1) is 0 Å². The first-order chi connectivity index (χ1) is 9.15. The maximum atomic E-state index is 11.4. The lowest BCUT2D eigenvalue weighted by Crippen LogP contribution is -2.30. The number of hydrogen-bond acceptors (Lipinski definition) is 4. The van der Waals surface area contributed by atoms with E-state index in [0.29, 0.717) is 12.1 Å². The van der Waals surface area contributed by atoms with Gasteiger partial charge in [0.15, 0.2) is 0 Å². The molecule has 1 amide bonds. The molecule has 1 N–H and O–H groups in total. The van der Waals surface area contributed by atoms with Crippen molar-refractivity contribution in [1.82, 2.24) is 5.32 Å². The van der Waals surface area contributed by atoms with E-state index in [-0.39, 0.29) is 0 Å². The fourth-order valence-electron chi connectivity index (χ4n) is 1.66. The van der Waals surface area contributed by atoms with Gasteiger partial charge in [-0.2, -0.15) is 0 Å². The van der Waals surface area contributed by atoms with Crippen molar-refractivity contribution >= 4 is 12.1 Å². The quantitative estimate of drug-likeness (QED) is 0.839. The lowest BCUT2D eigenvalue weighted by atomic mass is 10.1. The first kappa shape index (κ1) is 13.1. The maximum Gasteiger partial charge on any atom is 0.410 e. The second kappa shape index (κ2) is 6.04. The molecule has 1 aliphatic rings. The summed E-state index contributed by atoms with van der Waals surface area (Å²) in [4.78, 5) is 22.5. The van der Waals surface area contributed by atoms with E-state index in [4.69, 9.17) is 9.47 Å². The van der Waals surface area contributed by atoms with E-state index < -0.39 is 18.4 Å². The third kappa shape index (κ3) is 3.84. The van der Waals surface area contributed by atoms with Crippen molar-refractivity contribution in [1.29, 1.82) is 0 Å². The number of rotatable bonds is 4. The van der Waals surface area contributed by atoms with E-state index in [9.17, 15) is 9.59 Å².